The van der Waals surface area contributed by atoms with Gasteiger partial charge in [0.05, 0.1) is 12.6 Å². The Balaban J connectivity index is 1.38. The van der Waals surface area contributed by atoms with Gasteiger partial charge in [0.2, 0.25) is 5.91 Å². The molecule has 1 atom stereocenters. The number of hydrogen-bond donors (Lipinski definition) is 1. The van der Waals surface area contributed by atoms with E-state index in [4.69, 9.17) is 0 Å². The standard InChI is InChI=1S/C19H27N3O/c1-21-7-9-22(10-8-21)13-19(23)20-18-6-5-16-11-14-3-2-4-15(14)12-17(16)18/h11-12,18H,2-10,13H2,1H3,(H,20,23). The number of carbonyl (C=O) groups is 1. The minimum Gasteiger partial charge on any atom is -0.348 e. The minimum atomic E-state index is 0.188. The Kier molecular flexibility index (Phi) is 4.12. The highest BCUT2D eigenvalue weighted by molar-refractivity contribution is 5.78. The number of carbonyl (C=O) groups excluding carboxylic acids is 1. The van der Waals surface area contributed by atoms with Crippen LogP contribution in [0, 0.1) is 0 Å². The first-order chi connectivity index (χ1) is 11.2. The van der Waals surface area contributed by atoms with Gasteiger partial charge in [0.1, 0.15) is 0 Å². The van der Waals surface area contributed by atoms with Crippen molar-refractivity contribution in [2.24, 2.45) is 0 Å². The molecule has 1 saturated heterocycles. The summed E-state index contributed by atoms with van der Waals surface area (Å²) < 4.78 is 0. The van der Waals surface area contributed by atoms with Crippen molar-refractivity contribution in [2.75, 3.05) is 39.8 Å². The number of likely N-dealkylation sites (N-methyl/N-ethyl adjacent to an activating group) is 1. The summed E-state index contributed by atoms with van der Waals surface area (Å²) in [5, 5.41) is 3.29. The van der Waals surface area contributed by atoms with E-state index in [0.29, 0.717) is 6.54 Å². The molecule has 4 rings (SSSR count). The van der Waals surface area contributed by atoms with Crippen molar-refractivity contribution in [1.82, 2.24) is 15.1 Å². The van der Waals surface area contributed by atoms with E-state index >= 15 is 0 Å². The number of piperazine rings is 1. The molecule has 1 heterocycles. The third kappa shape index (κ3) is 3.15. The SMILES string of the molecule is CN1CCN(CC(=O)NC2CCc3cc4c(cc32)CCC4)CC1. The first kappa shape index (κ1) is 15.2. The summed E-state index contributed by atoms with van der Waals surface area (Å²) in [6, 6.07) is 5.02. The van der Waals surface area contributed by atoms with Crippen molar-refractivity contribution in [2.45, 2.75) is 38.1 Å². The van der Waals surface area contributed by atoms with Crippen LogP contribution in [0.3, 0.4) is 0 Å². The summed E-state index contributed by atoms with van der Waals surface area (Å²) in [4.78, 5) is 17.0. The third-order valence-electron chi connectivity index (χ3n) is 5.73. The second kappa shape index (κ2) is 6.25. The summed E-state index contributed by atoms with van der Waals surface area (Å²) in [5.41, 5.74) is 5.92. The Morgan fingerprint density at radius 1 is 1.09 bits per heavy atom. The van der Waals surface area contributed by atoms with E-state index in [1.54, 1.807) is 5.56 Å². The van der Waals surface area contributed by atoms with Crippen LogP contribution in [0.4, 0.5) is 0 Å². The molecule has 0 bridgehead atoms. The van der Waals surface area contributed by atoms with Gasteiger partial charge in [-0.2, -0.15) is 0 Å². The summed E-state index contributed by atoms with van der Waals surface area (Å²) >= 11 is 0. The maximum atomic E-state index is 12.4. The second-order valence-electron chi connectivity index (χ2n) is 7.41. The number of nitrogens with zero attached hydrogens (tertiary/aromatic N) is 2. The molecule has 1 amide bonds. The monoisotopic (exact) mass is 313 g/mol. The first-order valence-corrected chi connectivity index (χ1v) is 9.04. The lowest BCUT2D eigenvalue weighted by Gasteiger charge is -2.32. The van der Waals surface area contributed by atoms with Gasteiger partial charge >= 0.3 is 0 Å². The topological polar surface area (TPSA) is 35.6 Å². The predicted octanol–water partition coefficient (Wildman–Crippen LogP) is 1.53. The van der Waals surface area contributed by atoms with Gasteiger partial charge < -0.3 is 10.2 Å². The Morgan fingerprint density at radius 3 is 2.61 bits per heavy atom. The highest BCUT2D eigenvalue weighted by atomic mass is 16.2. The van der Waals surface area contributed by atoms with E-state index in [0.717, 1.165) is 39.0 Å². The second-order valence-corrected chi connectivity index (χ2v) is 7.41. The molecule has 2 aliphatic carbocycles. The van der Waals surface area contributed by atoms with E-state index < -0.39 is 0 Å². The number of aryl methyl sites for hydroxylation is 3. The van der Waals surface area contributed by atoms with Crippen molar-refractivity contribution in [3.63, 3.8) is 0 Å². The van der Waals surface area contributed by atoms with Gasteiger partial charge in [-0.3, -0.25) is 9.69 Å². The van der Waals surface area contributed by atoms with Crippen LogP contribution in [0.15, 0.2) is 12.1 Å². The van der Waals surface area contributed by atoms with Gasteiger partial charge in [-0.25, -0.2) is 0 Å². The molecular weight excluding hydrogens is 286 g/mol. The Labute approximate surface area is 138 Å². The zero-order chi connectivity index (χ0) is 15.8. The molecule has 124 valence electrons. The Hall–Kier alpha value is -1.39. The smallest absolute Gasteiger partial charge is 0.234 e. The number of benzene rings is 1. The zero-order valence-electron chi connectivity index (χ0n) is 14.1. The fourth-order valence-electron chi connectivity index (χ4n) is 4.29. The molecule has 0 aromatic heterocycles. The molecule has 3 aliphatic rings. The summed E-state index contributed by atoms with van der Waals surface area (Å²) in [7, 11) is 2.14. The first-order valence-electron chi connectivity index (χ1n) is 9.04. The fourth-order valence-corrected chi connectivity index (χ4v) is 4.29. The summed E-state index contributed by atoms with van der Waals surface area (Å²) in [6.45, 7) is 4.67. The number of hydrogen-bond acceptors (Lipinski definition) is 3. The van der Waals surface area contributed by atoms with Crippen LogP contribution in [0.5, 0.6) is 0 Å². The maximum Gasteiger partial charge on any atom is 0.234 e. The van der Waals surface area contributed by atoms with Gasteiger partial charge in [0.25, 0.3) is 0 Å². The molecule has 23 heavy (non-hydrogen) atoms. The molecule has 1 aliphatic heterocycles. The van der Waals surface area contributed by atoms with Crippen molar-refractivity contribution >= 4 is 5.91 Å². The minimum absolute atomic E-state index is 0.188. The Morgan fingerprint density at radius 2 is 1.83 bits per heavy atom. The molecule has 1 fully saturated rings. The van der Waals surface area contributed by atoms with E-state index in [9.17, 15) is 4.79 Å². The molecule has 1 N–H and O–H groups in total. The average molecular weight is 313 g/mol. The van der Waals surface area contributed by atoms with Crippen molar-refractivity contribution in [3.05, 3.63) is 34.4 Å². The zero-order valence-corrected chi connectivity index (χ0v) is 14.1. The van der Waals surface area contributed by atoms with Crippen LogP contribution >= 0.6 is 0 Å². The summed E-state index contributed by atoms with van der Waals surface area (Å²) in [6.07, 6.45) is 5.92. The predicted molar refractivity (Wildman–Crippen MR) is 91.6 cm³/mol. The molecule has 4 nitrogen and oxygen atoms in total. The van der Waals surface area contributed by atoms with Crippen molar-refractivity contribution < 1.29 is 4.79 Å². The van der Waals surface area contributed by atoms with E-state index in [1.165, 1.54) is 36.0 Å². The number of amides is 1. The van der Waals surface area contributed by atoms with Crippen LogP contribution in [0.1, 0.15) is 41.1 Å². The lowest BCUT2D eigenvalue weighted by atomic mass is 10.0. The van der Waals surface area contributed by atoms with Crippen LogP contribution < -0.4 is 5.32 Å². The highest BCUT2D eigenvalue weighted by Crippen LogP contribution is 2.35. The van der Waals surface area contributed by atoms with Crippen LogP contribution in [-0.4, -0.2) is 55.5 Å². The Bertz CT molecular complexity index is 605. The van der Waals surface area contributed by atoms with Gasteiger partial charge in [-0.1, -0.05) is 12.1 Å². The highest BCUT2D eigenvalue weighted by Gasteiger charge is 2.27. The maximum absolute atomic E-state index is 12.4. The number of fused-ring (bicyclic) bond motifs is 2. The van der Waals surface area contributed by atoms with Crippen LogP contribution in [-0.2, 0) is 24.1 Å². The van der Waals surface area contributed by atoms with Crippen molar-refractivity contribution in [3.8, 4) is 0 Å². The lowest BCUT2D eigenvalue weighted by molar-refractivity contribution is -0.123. The van der Waals surface area contributed by atoms with Gasteiger partial charge in [0, 0.05) is 26.2 Å². The fraction of sp³-hybridized carbons (Fsp3) is 0.632. The lowest BCUT2D eigenvalue weighted by Crippen LogP contribution is -2.48. The average Bonchev–Trinajstić information content (AvgIpc) is 3.14. The molecule has 1 aromatic carbocycles. The van der Waals surface area contributed by atoms with Crippen molar-refractivity contribution in [1.29, 1.82) is 0 Å². The number of rotatable bonds is 3. The van der Waals surface area contributed by atoms with E-state index in [-0.39, 0.29) is 11.9 Å². The summed E-state index contributed by atoms with van der Waals surface area (Å²) in [5.74, 6) is 0.188. The van der Waals surface area contributed by atoms with Gasteiger partial charge in [-0.15, -0.1) is 0 Å². The van der Waals surface area contributed by atoms with Gasteiger partial charge in [0.15, 0.2) is 0 Å². The molecule has 0 radical (unpaired) electrons. The third-order valence-corrected chi connectivity index (χ3v) is 5.73. The quantitative estimate of drug-likeness (QED) is 0.919. The van der Waals surface area contributed by atoms with E-state index in [2.05, 4.69) is 34.3 Å². The molecule has 4 heteroatoms. The molecule has 0 spiro atoms. The van der Waals surface area contributed by atoms with E-state index in [1.807, 2.05) is 0 Å². The van der Waals surface area contributed by atoms with Crippen LogP contribution in [0.25, 0.3) is 0 Å². The normalized spacial score (nSPS) is 24.5. The molecule has 1 aromatic rings. The largest absolute Gasteiger partial charge is 0.348 e. The molecular formula is C19H27N3O. The van der Waals surface area contributed by atoms with Gasteiger partial charge in [-0.05, 0) is 61.4 Å². The molecule has 0 saturated carbocycles. The number of nitrogens with one attached hydrogen (secondary N) is 1. The van der Waals surface area contributed by atoms with Crippen LogP contribution in [0.2, 0.25) is 0 Å². The molecule has 1 unspecified atom stereocenters.